The van der Waals surface area contributed by atoms with E-state index in [0.29, 0.717) is 12.5 Å². The van der Waals surface area contributed by atoms with Crippen LogP contribution >= 0.6 is 23.7 Å². The maximum atomic E-state index is 12.3. The second-order valence-electron chi connectivity index (χ2n) is 7.72. The van der Waals surface area contributed by atoms with Gasteiger partial charge in [-0.05, 0) is 51.6 Å². The van der Waals surface area contributed by atoms with Gasteiger partial charge in [0.15, 0.2) is 4.96 Å². The lowest BCUT2D eigenvalue weighted by Crippen LogP contribution is -2.45. The third-order valence-electron chi connectivity index (χ3n) is 5.56. The van der Waals surface area contributed by atoms with Gasteiger partial charge in [0.25, 0.3) is 5.56 Å². The molecular formula is C19H28ClN5O2S. The number of thiazole rings is 1. The number of likely N-dealkylation sites (tertiary alicyclic amines) is 1. The lowest BCUT2D eigenvalue weighted by molar-refractivity contribution is -0.123. The van der Waals surface area contributed by atoms with Gasteiger partial charge in [0.05, 0.1) is 11.7 Å². The van der Waals surface area contributed by atoms with Crippen molar-refractivity contribution in [3.05, 3.63) is 33.2 Å². The SMILES string of the molecule is Cc1csc2nc(CN3CCCC(CNC(=O)C4CCCN4)C3)cc(=O)n12.Cl. The zero-order valence-electron chi connectivity index (χ0n) is 16.1. The summed E-state index contributed by atoms with van der Waals surface area (Å²) in [5.41, 5.74) is 1.77. The predicted molar refractivity (Wildman–Crippen MR) is 113 cm³/mol. The van der Waals surface area contributed by atoms with E-state index < -0.39 is 0 Å². The van der Waals surface area contributed by atoms with Crippen molar-refractivity contribution in [3.63, 3.8) is 0 Å². The maximum absolute atomic E-state index is 12.3. The molecular weight excluding hydrogens is 398 g/mol. The molecule has 28 heavy (non-hydrogen) atoms. The monoisotopic (exact) mass is 425 g/mol. The lowest BCUT2D eigenvalue weighted by Gasteiger charge is -2.32. The molecule has 2 aromatic rings. The highest BCUT2D eigenvalue weighted by molar-refractivity contribution is 7.15. The number of carbonyl (C=O) groups is 1. The van der Waals surface area contributed by atoms with Crippen molar-refractivity contribution in [1.29, 1.82) is 0 Å². The van der Waals surface area contributed by atoms with Crippen molar-refractivity contribution in [3.8, 4) is 0 Å². The van der Waals surface area contributed by atoms with Gasteiger partial charge in [-0.2, -0.15) is 0 Å². The van der Waals surface area contributed by atoms with Crippen molar-refractivity contribution in [1.82, 2.24) is 24.9 Å². The van der Waals surface area contributed by atoms with Crippen LogP contribution in [-0.2, 0) is 11.3 Å². The molecule has 0 aromatic carbocycles. The summed E-state index contributed by atoms with van der Waals surface area (Å²) in [5.74, 6) is 0.593. The zero-order chi connectivity index (χ0) is 18.8. The lowest BCUT2D eigenvalue weighted by atomic mass is 9.97. The number of hydrogen-bond donors (Lipinski definition) is 2. The van der Waals surface area contributed by atoms with E-state index in [-0.39, 0.29) is 29.9 Å². The molecule has 2 fully saturated rings. The van der Waals surface area contributed by atoms with Crippen LogP contribution in [0.1, 0.15) is 37.1 Å². The molecule has 2 aliphatic rings. The standard InChI is InChI=1S/C19H27N5O2S.ClH/c1-13-12-27-19-22-15(8-17(25)24(13)19)11-23-7-3-4-14(10-23)9-21-18(26)16-5-2-6-20-16;/h8,12,14,16,20H,2-7,9-11H2,1H3,(H,21,26);1H. The Balaban J connectivity index is 0.00000225. The van der Waals surface area contributed by atoms with Gasteiger partial charge >= 0.3 is 0 Å². The Kier molecular flexibility index (Phi) is 7.09. The van der Waals surface area contributed by atoms with Gasteiger partial charge in [-0.15, -0.1) is 23.7 Å². The van der Waals surface area contributed by atoms with Crippen LogP contribution < -0.4 is 16.2 Å². The minimum Gasteiger partial charge on any atom is -0.354 e. The van der Waals surface area contributed by atoms with Gasteiger partial charge in [0.2, 0.25) is 5.91 Å². The molecule has 4 rings (SSSR count). The molecule has 7 nitrogen and oxygen atoms in total. The number of piperidine rings is 1. The molecule has 9 heteroatoms. The molecule has 2 aromatic heterocycles. The van der Waals surface area contributed by atoms with E-state index in [2.05, 4.69) is 20.5 Å². The van der Waals surface area contributed by atoms with Gasteiger partial charge in [0.1, 0.15) is 0 Å². The first-order valence-corrected chi connectivity index (χ1v) is 10.7. The van der Waals surface area contributed by atoms with Crippen molar-refractivity contribution in [2.24, 2.45) is 5.92 Å². The summed E-state index contributed by atoms with van der Waals surface area (Å²) in [6.07, 6.45) is 4.26. The molecule has 2 aliphatic heterocycles. The Hall–Kier alpha value is -1.48. The fourth-order valence-corrected chi connectivity index (χ4v) is 5.04. The van der Waals surface area contributed by atoms with Crippen molar-refractivity contribution in [2.45, 2.75) is 45.2 Å². The van der Waals surface area contributed by atoms with E-state index in [9.17, 15) is 9.59 Å². The summed E-state index contributed by atoms with van der Waals surface area (Å²) in [4.78, 5) is 32.3. The number of fused-ring (bicyclic) bond motifs is 1. The highest BCUT2D eigenvalue weighted by atomic mass is 35.5. The first-order chi connectivity index (χ1) is 13.1. The van der Waals surface area contributed by atoms with Crippen LogP contribution in [0.3, 0.4) is 0 Å². The number of nitrogens with one attached hydrogen (secondary N) is 2. The average molecular weight is 426 g/mol. The predicted octanol–water partition coefficient (Wildman–Crippen LogP) is 1.57. The molecule has 0 radical (unpaired) electrons. The third-order valence-corrected chi connectivity index (χ3v) is 6.50. The first kappa shape index (κ1) is 21.2. The molecule has 2 saturated heterocycles. The number of hydrogen-bond acceptors (Lipinski definition) is 6. The molecule has 2 atom stereocenters. The van der Waals surface area contributed by atoms with E-state index in [4.69, 9.17) is 0 Å². The number of aromatic nitrogens is 2. The number of rotatable bonds is 5. The second kappa shape index (κ2) is 9.35. The number of amides is 1. The molecule has 0 bridgehead atoms. The number of carbonyl (C=O) groups excluding carboxylic acids is 1. The molecule has 1 amide bonds. The Bertz CT molecular complexity index is 877. The summed E-state index contributed by atoms with van der Waals surface area (Å²) in [7, 11) is 0. The van der Waals surface area contributed by atoms with E-state index >= 15 is 0 Å². The molecule has 2 N–H and O–H groups in total. The summed E-state index contributed by atoms with van der Waals surface area (Å²) in [6.45, 7) is 6.24. The van der Waals surface area contributed by atoms with Crippen molar-refractivity contribution in [2.75, 3.05) is 26.2 Å². The second-order valence-corrected chi connectivity index (χ2v) is 8.55. The van der Waals surface area contributed by atoms with E-state index in [1.807, 2.05) is 12.3 Å². The third kappa shape index (κ3) is 4.74. The first-order valence-electron chi connectivity index (χ1n) is 9.80. The molecule has 2 unspecified atom stereocenters. The van der Waals surface area contributed by atoms with Crippen LogP contribution in [0.5, 0.6) is 0 Å². The number of halogens is 1. The van der Waals surface area contributed by atoms with Crippen molar-refractivity contribution >= 4 is 34.6 Å². The molecule has 4 heterocycles. The minimum atomic E-state index is -0.0113. The van der Waals surface area contributed by atoms with Crippen LogP contribution in [0.15, 0.2) is 16.2 Å². The largest absolute Gasteiger partial charge is 0.354 e. The zero-order valence-corrected chi connectivity index (χ0v) is 17.8. The van der Waals surface area contributed by atoms with E-state index in [1.54, 1.807) is 10.5 Å². The summed E-state index contributed by atoms with van der Waals surface area (Å²) in [6, 6.07) is 1.65. The topological polar surface area (TPSA) is 78.7 Å². The highest BCUT2D eigenvalue weighted by Gasteiger charge is 2.25. The van der Waals surface area contributed by atoms with Gasteiger partial charge in [-0.1, -0.05) is 0 Å². The molecule has 0 aliphatic carbocycles. The minimum absolute atomic E-state index is 0. The van der Waals surface area contributed by atoms with Gasteiger partial charge in [-0.3, -0.25) is 18.9 Å². The smallest absolute Gasteiger partial charge is 0.259 e. The maximum Gasteiger partial charge on any atom is 0.259 e. The number of nitrogens with zero attached hydrogens (tertiary/aromatic N) is 3. The van der Waals surface area contributed by atoms with Crippen LogP contribution in [0.2, 0.25) is 0 Å². The van der Waals surface area contributed by atoms with Crippen LogP contribution in [0, 0.1) is 12.8 Å². The van der Waals surface area contributed by atoms with Crippen LogP contribution in [0.25, 0.3) is 4.96 Å². The van der Waals surface area contributed by atoms with Crippen LogP contribution in [0.4, 0.5) is 0 Å². The molecule has 0 spiro atoms. The Morgan fingerprint density at radius 3 is 3.04 bits per heavy atom. The molecule has 154 valence electrons. The molecule has 0 saturated carbocycles. The Morgan fingerprint density at radius 1 is 1.39 bits per heavy atom. The Morgan fingerprint density at radius 2 is 2.25 bits per heavy atom. The van der Waals surface area contributed by atoms with Gasteiger partial charge < -0.3 is 10.6 Å². The summed E-state index contributed by atoms with van der Waals surface area (Å²) in [5, 5.41) is 8.33. The van der Waals surface area contributed by atoms with Crippen molar-refractivity contribution < 1.29 is 4.79 Å². The van der Waals surface area contributed by atoms with Gasteiger partial charge in [-0.25, -0.2) is 4.98 Å². The normalized spacial score (nSPS) is 22.9. The summed E-state index contributed by atoms with van der Waals surface area (Å²) >= 11 is 1.51. The fourth-order valence-electron chi connectivity index (χ4n) is 4.15. The quantitative estimate of drug-likeness (QED) is 0.760. The summed E-state index contributed by atoms with van der Waals surface area (Å²) < 4.78 is 1.67. The van der Waals surface area contributed by atoms with Gasteiger partial charge in [0, 0.05) is 36.8 Å². The fraction of sp³-hybridized carbons (Fsp3) is 0.632. The highest BCUT2D eigenvalue weighted by Crippen LogP contribution is 2.18. The Labute approximate surface area is 174 Å². The average Bonchev–Trinajstić information content (AvgIpc) is 3.30. The van der Waals surface area contributed by atoms with E-state index in [1.165, 1.54) is 11.3 Å². The van der Waals surface area contributed by atoms with E-state index in [0.717, 1.165) is 68.2 Å². The number of aryl methyl sites for hydroxylation is 1. The van der Waals surface area contributed by atoms with Crippen LogP contribution in [-0.4, -0.2) is 52.4 Å².